The predicted octanol–water partition coefficient (Wildman–Crippen LogP) is 3.15. The Bertz CT molecular complexity index is 407. The number of hydrogen-bond donors (Lipinski definition) is 0. The topological polar surface area (TPSA) is 21.7 Å². The Morgan fingerprint density at radius 3 is 2.33 bits per heavy atom. The second-order valence-corrected chi connectivity index (χ2v) is 4.97. The number of ether oxygens (including phenoxy) is 2. The molecule has 1 rings (SSSR count). The molecule has 102 valence electrons. The van der Waals surface area contributed by atoms with Gasteiger partial charge in [0.1, 0.15) is 11.5 Å². The molecule has 0 saturated heterocycles. The van der Waals surface area contributed by atoms with Gasteiger partial charge in [-0.3, -0.25) is 4.90 Å². The number of likely N-dealkylation sites (N-methyl/N-ethyl adjacent to an activating group) is 1. The molecule has 4 heteroatoms. The van der Waals surface area contributed by atoms with Gasteiger partial charge in [-0.1, -0.05) is 15.9 Å². The number of rotatable bonds is 6. The van der Waals surface area contributed by atoms with E-state index in [2.05, 4.69) is 47.8 Å². The molecule has 1 aromatic carbocycles. The zero-order valence-electron chi connectivity index (χ0n) is 11.8. The highest BCUT2D eigenvalue weighted by atomic mass is 79.9. The van der Waals surface area contributed by atoms with Crippen molar-refractivity contribution in [1.82, 2.24) is 4.90 Å². The van der Waals surface area contributed by atoms with Crippen molar-refractivity contribution in [3.8, 4) is 11.5 Å². The average molecular weight is 316 g/mol. The van der Waals surface area contributed by atoms with Crippen LogP contribution in [0.5, 0.6) is 11.5 Å². The minimum atomic E-state index is 0.872. The first-order valence-corrected chi connectivity index (χ1v) is 7.12. The van der Waals surface area contributed by atoms with Gasteiger partial charge in [-0.2, -0.15) is 0 Å². The van der Waals surface area contributed by atoms with E-state index in [1.807, 2.05) is 0 Å². The van der Waals surface area contributed by atoms with Crippen LogP contribution in [0.3, 0.4) is 0 Å². The standard InChI is InChI=1S/C14H22BrNO2/c1-10-11(2)14(18-5)12(8-13(10)17-4)6-7-16(3)9-15/h8H,6-7,9H2,1-5H3. The summed E-state index contributed by atoms with van der Waals surface area (Å²) < 4.78 is 11.0. The minimum absolute atomic E-state index is 0.872. The molecule has 0 aliphatic heterocycles. The SMILES string of the molecule is COc1cc(CCN(C)CBr)c(OC)c(C)c1C. The molecule has 0 fully saturated rings. The van der Waals surface area contributed by atoms with Crippen molar-refractivity contribution < 1.29 is 9.47 Å². The van der Waals surface area contributed by atoms with Crippen LogP contribution in [0.2, 0.25) is 0 Å². The first-order chi connectivity index (χ1) is 8.54. The molecule has 0 bridgehead atoms. The normalized spacial score (nSPS) is 10.8. The van der Waals surface area contributed by atoms with Crippen LogP contribution in [0.4, 0.5) is 0 Å². The Kier molecular flexibility index (Phi) is 5.96. The predicted molar refractivity (Wildman–Crippen MR) is 79.1 cm³/mol. The highest BCUT2D eigenvalue weighted by Crippen LogP contribution is 2.33. The maximum atomic E-state index is 5.54. The number of nitrogens with zero attached hydrogens (tertiary/aromatic N) is 1. The summed E-state index contributed by atoms with van der Waals surface area (Å²) in [5, 5.41) is 0. The molecule has 0 spiro atoms. The molecule has 0 aromatic heterocycles. The van der Waals surface area contributed by atoms with Gasteiger partial charge in [0.25, 0.3) is 0 Å². The number of hydrogen-bond acceptors (Lipinski definition) is 3. The first kappa shape index (κ1) is 15.3. The number of methoxy groups -OCH3 is 2. The number of benzene rings is 1. The molecule has 0 aliphatic carbocycles. The lowest BCUT2D eigenvalue weighted by atomic mass is 10.0. The highest BCUT2D eigenvalue weighted by molar-refractivity contribution is 9.09. The van der Waals surface area contributed by atoms with E-state index in [4.69, 9.17) is 9.47 Å². The summed E-state index contributed by atoms with van der Waals surface area (Å²) in [6, 6.07) is 2.09. The molecule has 0 unspecified atom stereocenters. The monoisotopic (exact) mass is 315 g/mol. The van der Waals surface area contributed by atoms with Crippen molar-refractivity contribution in [1.29, 1.82) is 0 Å². The van der Waals surface area contributed by atoms with Crippen molar-refractivity contribution >= 4 is 15.9 Å². The van der Waals surface area contributed by atoms with Crippen LogP contribution < -0.4 is 9.47 Å². The van der Waals surface area contributed by atoms with Gasteiger partial charge in [0, 0.05) is 6.54 Å². The molecule has 0 radical (unpaired) electrons. The summed E-state index contributed by atoms with van der Waals surface area (Å²) >= 11 is 3.45. The summed E-state index contributed by atoms with van der Waals surface area (Å²) in [4.78, 5) is 2.21. The number of halogens is 1. The fourth-order valence-electron chi connectivity index (χ4n) is 1.98. The highest BCUT2D eigenvalue weighted by Gasteiger charge is 2.13. The lowest BCUT2D eigenvalue weighted by molar-refractivity contribution is 0.378. The Morgan fingerprint density at radius 1 is 1.17 bits per heavy atom. The molecule has 0 amide bonds. The lowest BCUT2D eigenvalue weighted by Crippen LogP contribution is -2.19. The van der Waals surface area contributed by atoms with Gasteiger partial charge in [-0.15, -0.1) is 0 Å². The molecule has 0 heterocycles. The second-order valence-electron chi connectivity index (χ2n) is 4.47. The van der Waals surface area contributed by atoms with Gasteiger partial charge in [-0.05, 0) is 50.1 Å². The van der Waals surface area contributed by atoms with Gasteiger partial charge < -0.3 is 9.47 Å². The summed E-state index contributed by atoms with van der Waals surface area (Å²) in [5.74, 6) is 1.92. The average Bonchev–Trinajstić information content (AvgIpc) is 2.39. The van der Waals surface area contributed by atoms with E-state index in [1.165, 1.54) is 5.56 Å². The van der Waals surface area contributed by atoms with Crippen molar-refractivity contribution in [2.45, 2.75) is 20.3 Å². The maximum Gasteiger partial charge on any atom is 0.125 e. The molecule has 1 aromatic rings. The van der Waals surface area contributed by atoms with Gasteiger partial charge in [0.05, 0.1) is 19.7 Å². The van der Waals surface area contributed by atoms with E-state index in [0.717, 1.165) is 41.0 Å². The van der Waals surface area contributed by atoms with Gasteiger partial charge >= 0.3 is 0 Å². The Hall–Kier alpha value is -0.740. The van der Waals surface area contributed by atoms with E-state index in [9.17, 15) is 0 Å². The molecule has 0 N–H and O–H groups in total. The Balaban J connectivity index is 3.05. The molecular formula is C14H22BrNO2. The third-order valence-corrected chi connectivity index (χ3v) is 4.12. The van der Waals surface area contributed by atoms with E-state index in [0.29, 0.717) is 0 Å². The molecular weight excluding hydrogens is 294 g/mol. The van der Waals surface area contributed by atoms with Crippen molar-refractivity contribution in [3.05, 3.63) is 22.8 Å². The zero-order valence-corrected chi connectivity index (χ0v) is 13.4. The Labute approximate surface area is 118 Å². The fourth-order valence-corrected chi connectivity index (χ4v) is 2.23. The quantitative estimate of drug-likeness (QED) is 0.594. The van der Waals surface area contributed by atoms with Crippen LogP contribution >= 0.6 is 15.9 Å². The van der Waals surface area contributed by atoms with Gasteiger partial charge in [0.15, 0.2) is 0 Å². The van der Waals surface area contributed by atoms with E-state index < -0.39 is 0 Å². The van der Waals surface area contributed by atoms with Gasteiger partial charge in [-0.25, -0.2) is 0 Å². The summed E-state index contributed by atoms with van der Waals surface area (Å²) in [6.45, 7) is 5.12. The third-order valence-electron chi connectivity index (χ3n) is 3.26. The van der Waals surface area contributed by atoms with Crippen molar-refractivity contribution in [2.24, 2.45) is 0 Å². The van der Waals surface area contributed by atoms with Crippen LogP contribution in [-0.2, 0) is 6.42 Å². The summed E-state index contributed by atoms with van der Waals surface area (Å²) in [6.07, 6.45) is 0.947. The fraction of sp³-hybridized carbons (Fsp3) is 0.571. The van der Waals surface area contributed by atoms with Gasteiger partial charge in [0.2, 0.25) is 0 Å². The van der Waals surface area contributed by atoms with Crippen molar-refractivity contribution in [3.63, 3.8) is 0 Å². The smallest absolute Gasteiger partial charge is 0.125 e. The lowest BCUT2D eigenvalue weighted by Gasteiger charge is -2.18. The minimum Gasteiger partial charge on any atom is -0.496 e. The zero-order chi connectivity index (χ0) is 13.7. The molecule has 0 saturated carbocycles. The van der Waals surface area contributed by atoms with Crippen molar-refractivity contribution in [2.75, 3.05) is 33.3 Å². The summed E-state index contributed by atoms with van der Waals surface area (Å²) in [7, 11) is 5.52. The summed E-state index contributed by atoms with van der Waals surface area (Å²) in [5.41, 5.74) is 4.38. The molecule has 0 aliphatic rings. The van der Waals surface area contributed by atoms with Crippen LogP contribution in [-0.4, -0.2) is 38.2 Å². The first-order valence-electron chi connectivity index (χ1n) is 6.00. The molecule has 18 heavy (non-hydrogen) atoms. The second kappa shape index (κ2) is 7.00. The third kappa shape index (κ3) is 3.39. The van der Waals surface area contributed by atoms with E-state index in [1.54, 1.807) is 14.2 Å². The van der Waals surface area contributed by atoms with Crippen LogP contribution in [0.25, 0.3) is 0 Å². The van der Waals surface area contributed by atoms with Crippen LogP contribution in [0.15, 0.2) is 6.07 Å². The van der Waals surface area contributed by atoms with E-state index >= 15 is 0 Å². The van der Waals surface area contributed by atoms with Crippen LogP contribution in [0, 0.1) is 13.8 Å². The molecule has 3 nitrogen and oxygen atoms in total. The van der Waals surface area contributed by atoms with E-state index in [-0.39, 0.29) is 0 Å². The molecule has 0 atom stereocenters. The maximum absolute atomic E-state index is 5.54. The largest absolute Gasteiger partial charge is 0.496 e. The number of alkyl halides is 1. The van der Waals surface area contributed by atoms with Crippen LogP contribution in [0.1, 0.15) is 16.7 Å². The Morgan fingerprint density at radius 2 is 1.83 bits per heavy atom.